The van der Waals surface area contributed by atoms with E-state index in [2.05, 4.69) is 10.9 Å². The Morgan fingerprint density at radius 1 is 1.05 bits per heavy atom. The fraction of sp³-hybridized carbons (Fsp3) is 0.833. The van der Waals surface area contributed by atoms with Gasteiger partial charge in [0, 0.05) is 0 Å². The summed E-state index contributed by atoms with van der Waals surface area (Å²) in [5, 5.41) is 0. The molecule has 0 spiro atoms. The molecule has 0 saturated heterocycles. The van der Waals surface area contributed by atoms with Crippen LogP contribution in [0.4, 0.5) is 4.79 Å². The van der Waals surface area contributed by atoms with Crippen molar-refractivity contribution in [1.29, 1.82) is 0 Å². The quantitative estimate of drug-likeness (QED) is 0.657. The number of carbonyl (C=O) groups excluding carboxylic acids is 2. The van der Waals surface area contributed by atoms with Crippen molar-refractivity contribution in [3.8, 4) is 0 Å². The summed E-state index contributed by atoms with van der Waals surface area (Å²) in [5.41, 5.74) is 8.89. The number of hydrogen-bond donors (Lipinski definition) is 3. The zero-order valence-corrected chi connectivity index (χ0v) is 12.5. The summed E-state index contributed by atoms with van der Waals surface area (Å²) in [7, 11) is 0. The van der Waals surface area contributed by atoms with Gasteiger partial charge in [-0.25, -0.2) is 10.2 Å². The molecule has 0 saturated carbocycles. The molecule has 0 aromatic carbocycles. The lowest BCUT2D eigenvalue weighted by Crippen LogP contribution is -2.52. The maximum Gasteiger partial charge on any atom is 0.426 e. The monoisotopic (exact) mass is 275 g/mol. The van der Waals surface area contributed by atoms with Crippen molar-refractivity contribution in [1.82, 2.24) is 10.9 Å². The third-order valence-corrected chi connectivity index (χ3v) is 1.72. The van der Waals surface area contributed by atoms with Gasteiger partial charge in [-0.3, -0.25) is 10.2 Å². The lowest BCUT2D eigenvalue weighted by molar-refractivity contribution is -0.126. The highest BCUT2D eigenvalue weighted by Gasteiger charge is 2.20. The van der Waals surface area contributed by atoms with Crippen LogP contribution in [-0.4, -0.2) is 35.9 Å². The number of hydrazine groups is 1. The first-order valence-corrected chi connectivity index (χ1v) is 6.09. The third-order valence-electron chi connectivity index (χ3n) is 1.72. The Balaban J connectivity index is 4.01. The van der Waals surface area contributed by atoms with Gasteiger partial charge in [0.1, 0.15) is 11.6 Å². The van der Waals surface area contributed by atoms with Crippen LogP contribution in [0.2, 0.25) is 0 Å². The van der Waals surface area contributed by atoms with E-state index in [1.165, 1.54) is 0 Å². The SMILES string of the molecule is CC(C)(C)OC[C@H](N)C(=O)NNC(=O)OC(C)(C)C. The number of ether oxygens (including phenoxy) is 2. The van der Waals surface area contributed by atoms with Crippen molar-refractivity contribution in [2.24, 2.45) is 5.73 Å². The third kappa shape index (κ3) is 10.3. The average molecular weight is 275 g/mol. The molecule has 7 nitrogen and oxygen atoms in total. The standard InChI is InChI=1S/C12H25N3O4/c1-11(2,3)18-7-8(13)9(16)14-15-10(17)19-12(4,5)6/h8H,7,13H2,1-6H3,(H,14,16)(H,15,17)/t8-/m0/s1. The molecular weight excluding hydrogens is 250 g/mol. The fourth-order valence-corrected chi connectivity index (χ4v) is 0.924. The van der Waals surface area contributed by atoms with Crippen LogP contribution in [0.3, 0.4) is 0 Å². The first-order valence-electron chi connectivity index (χ1n) is 6.09. The highest BCUT2D eigenvalue weighted by molar-refractivity contribution is 5.83. The predicted octanol–water partition coefficient (Wildman–Crippen LogP) is 0.685. The molecule has 0 aliphatic carbocycles. The summed E-state index contributed by atoms with van der Waals surface area (Å²) in [5.74, 6) is -0.546. The van der Waals surface area contributed by atoms with Crippen LogP contribution in [0.25, 0.3) is 0 Å². The van der Waals surface area contributed by atoms with E-state index >= 15 is 0 Å². The molecular formula is C12H25N3O4. The van der Waals surface area contributed by atoms with E-state index in [-0.39, 0.29) is 12.2 Å². The largest absolute Gasteiger partial charge is 0.443 e. The van der Waals surface area contributed by atoms with Gasteiger partial charge in [-0.2, -0.15) is 0 Å². The Morgan fingerprint density at radius 2 is 1.58 bits per heavy atom. The molecule has 112 valence electrons. The first kappa shape index (κ1) is 17.7. The van der Waals surface area contributed by atoms with Crippen molar-refractivity contribution in [3.05, 3.63) is 0 Å². The van der Waals surface area contributed by atoms with Crippen molar-refractivity contribution < 1.29 is 19.1 Å². The van der Waals surface area contributed by atoms with Gasteiger partial charge < -0.3 is 15.2 Å². The molecule has 4 N–H and O–H groups in total. The van der Waals surface area contributed by atoms with Gasteiger partial charge in [0.15, 0.2) is 0 Å². The Kier molecular flexibility index (Phi) is 6.24. The van der Waals surface area contributed by atoms with E-state index < -0.39 is 23.6 Å². The van der Waals surface area contributed by atoms with Gasteiger partial charge in [0.25, 0.3) is 5.91 Å². The van der Waals surface area contributed by atoms with Crippen LogP contribution >= 0.6 is 0 Å². The van der Waals surface area contributed by atoms with Gasteiger partial charge >= 0.3 is 6.09 Å². The molecule has 2 amide bonds. The molecule has 0 aliphatic rings. The molecule has 0 bridgehead atoms. The van der Waals surface area contributed by atoms with E-state index in [0.29, 0.717) is 0 Å². The topological polar surface area (TPSA) is 103 Å². The summed E-state index contributed by atoms with van der Waals surface area (Å²) in [6, 6.07) is -0.867. The number of hydrogen-bond acceptors (Lipinski definition) is 5. The smallest absolute Gasteiger partial charge is 0.426 e. The summed E-state index contributed by atoms with van der Waals surface area (Å²) in [6.07, 6.45) is -0.746. The summed E-state index contributed by atoms with van der Waals surface area (Å²) in [4.78, 5) is 22.8. The Bertz CT molecular complexity index is 318. The molecule has 7 heteroatoms. The number of amides is 2. The van der Waals surface area contributed by atoms with Crippen LogP contribution in [-0.2, 0) is 14.3 Å². The maximum atomic E-state index is 11.5. The van der Waals surface area contributed by atoms with Crippen LogP contribution < -0.4 is 16.6 Å². The van der Waals surface area contributed by atoms with E-state index in [0.717, 1.165) is 0 Å². The van der Waals surface area contributed by atoms with E-state index in [1.54, 1.807) is 20.8 Å². The lowest BCUT2D eigenvalue weighted by atomic mass is 10.2. The second-order valence-corrected chi connectivity index (χ2v) is 6.15. The summed E-state index contributed by atoms with van der Waals surface area (Å²) < 4.78 is 10.3. The minimum absolute atomic E-state index is 0.0608. The van der Waals surface area contributed by atoms with Gasteiger partial charge in [0.05, 0.1) is 12.2 Å². The van der Waals surface area contributed by atoms with Crippen molar-refractivity contribution in [2.75, 3.05) is 6.61 Å². The molecule has 0 aliphatic heterocycles. The molecule has 19 heavy (non-hydrogen) atoms. The van der Waals surface area contributed by atoms with Gasteiger partial charge in [-0.15, -0.1) is 0 Å². The van der Waals surface area contributed by atoms with Gasteiger partial charge in [-0.05, 0) is 41.5 Å². The molecule has 0 fully saturated rings. The van der Waals surface area contributed by atoms with Gasteiger partial charge in [-0.1, -0.05) is 0 Å². The second-order valence-electron chi connectivity index (χ2n) is 6.15. The zero-order chi connectivity index (χ0) is 15.3. The van der Waals surface area contributed by atoms with Crippen LogP contribution in [0.5, 0.6) is 0 Å². The van der Waals surface area contributed by atoms with Crippen LogP contribution in [0.1, 0.15) is 41.5 Å². The number of nitrogens with two attached hydrogens (primary N) is 1. The Morgan fingerprint density at radius 3 is 2.00 bits per heavy atom. The molecule has 0 aromatic heterocycles. The Labute approximate surface area is 114 Å². The van der Waals surface area contributed by atoms with Crippen molar-refractivity contribution in [3.63, 3.8) is 0 Å². The van der Waals surface area contributed by atoms with Crippen molar-refractivity contribution >= 4 is 12.0 Å². The lowest BCUT2D eigenvalue weighted by Gasteiger charge is -2.23. The van der Waals surface area contributed by atoms with Crippen LogP contribution in [0, 0.1) is 0 Å². The first-order chi connectivity index (χ1) is 8.41. The summed E-state index contributed by atoms with van der Waals surface area (Å²) in [6.45, 7) is 10.8. The highest BCUT2D eigenvalue weighted by Crippen LogP contribution is 2.07. The Hall–Kier alpha value is -1.34. The minimum Gasteiger partial charge on any atom is -0.443 e. The van der Waals surface area contributed by atoms with Gasteiger partial charge in [0.2, 0.25) is 0 Å². The van der Waals surface area contributed by atoms with E-state index in [9.17, 15) is 9.59 Å². The second kappa shape index (κ2) is 6.72. The van der Waals surface area contributed by atoms with E-state index in [1.807, 2.05) is 20.8 Å². The predicted molar refractivity (Wildman–Crippen MR) is 71.2 cm³/mol. The molecule has 1 atom stereocenters. The highest BCUT2D eigenvalue weighted by atomic mass is 16.6. The molecule has 0 aromatic rings. The molecule has 0 unspecified atom stereocenters. The average Bonchev–Trinajstić information content (AvgIpc) is 2.19. The molecule has 0 radical (unpaired) electrons. The minimum atomic E-state index is -0.867. The van der Waals surface area contributed by atoms with Crippen LogP contribution in [0.15, 0.2) is 0 Å². The molecule has 0 rings (SSSR count). The van der Waals surface area contributed by atoms with E-state index in [4.69, 9.17) is 15.2 Å². The molecule has 0 heterocycles. The maximum absolute atomic E-state index is 11.5. The van der Waals surface area contributed by atoms with Crippen molar-refractivity contribution in [2.45, 2.75) is 58.8 Å². The fourth-order valence-electron chi connectivity index (χ4n) is 0.924. The zero-order valence-electron chi connectivity index (χ0n) is 12.5. The normalized spacial score (nSPS) is 13.6. The summed E-state index contributed by atoms with van der Waals surface area (Å²) >= 11 is 0. The number of rotatable bonds is 3. The number of nitrogens with one attached hydrogen (secondary N) is 2. The number of carbonyl (C=O) groups is 2.